The van der Waals surface area contributed by atoms with E-state index in [1.165, 1.54) is 24.3 Å². The van der Waals surface area contributed by atoms with Crippen LogP contribution in [0.4, 0.5) is 24.5 Å². The van der Waals surface area contributed by atoms with Gasteiger partial charge in [0.05, 0.1) is 34.8 Å². The number of amides is 2. The third kappa shape index (κ3) is 4.95. The van der Waals surface area contributed by atoms with E-state index in [0.717, 1.165) is 29.2 Å². The molecule has 0 unspecified atom stereocenters. The van der Waals surface area contributed by atoms with Gasteiger partial charge in [0.25, 0.3) is 21.8 Å². The van der Waals surface area contributed by atoms with Gasteiger partial charge in [0.2, 0.25) is 0 Å². The van der Waals surface area contributed by atoms with E-state index in [2.05, 4.69) is 14.3 Å². The molecule has 0 atom stereocenters. The summed E-state index contributed by atoms with van der Waals surface area (Å²) in [6, 6.07) is 13.9. The molecule has 1 aliphatic rings. The number of rotatable bonds is 6. The SMILES string of the molecule is [C-]#[N+]c1cccc(CN2C(=O)c3cccc(NS(=O)(=O)c4ccc(OC(F)(F)F)cc4)c3C2=O)c1. The molecule has 0 radical (unpaired) electrons. The van der Waals surface area contributed by atoms with Gasteiger partial charge in [-0.3, -0.25) is 19.2 Å². The zero-order valence-corrected chi connectivity index (χ0v) is 18.4. The number of sulfonamides is 1. The molecule has 12 heteroatoms. The lowest BCUT2D eigenvalue weighted by Crippen LogP contribution is -2.29. The number of nitrogens with zero attached hydrogens (tertiary/aromatic N) is 2. The Morgan fingerprint density at radius 2 is 1.66 bits per heavy atom. The summed E-state index contributed by atoms with van der Waals surface area (Å²) in [5, 5.41) is 0. The molecule has 178 valence electrons. The maximum Gasteiger partial charge on any atom is 0.573 e. The van der Waals surface area contributed by atoms with E-state index < -0.39 is 33.9 Å². The number of halogens is 3. The van der Waals surface area contributed by atoms with Gasteiger partial charge in [-0.2, -0.15) is 0 Å². The fraction of sp³-hybridized carbons (Fsp3) is 0.0870. The Balaban J connectivity index is 1.60. The molecule has 0 bridgehead atoms. The number of imide groups is 1. The fourth-order valence-electron chi connectivity index (χ4n) is 3.49. The highest BCUT2D eigenvalue weighted by Gasteiger charge is 2.38. The molecular formula is C23H14F3N3O5S. The van der Waals surface area contributed by atoms with Crippen molar-refractivity contribution < 1.29 is 35.9 Å². The first-order chi connectivity index (χ1) is 16.5. The van der Waals surface area contributed by atoms with Crippen molar-refractivity contribution >= 4 is 33.2 Å². The summed E-state index contributed by atoms with van der Waals surface area (Å²) in [7, 11) is -4.32. The van der Waals surface area contributed by atoms with Gasteiger partial charge < -0.3 is 4.74 Å². The second-order valence-corrected chi connectivity index (χ2v) is 9.01. The molecule has 4 rings (SSSR count). The lowest BCUT2D eigenvalue weighted by Gasteiger charge is -2.15. The number of ether oxygens (including phenoxy) is 1. The molecule has 0 aromatic heterocycles. The average Bonchev–Trinajstić information content (AvgIpc) is 3.04. The third-order valence-electron chi connectivity index (χ3n) is 4.99. The summed E-state index contributed by atoms with van der Waals surface area (Å²) in [6.45, 7) is 6.98. The molecule has 0 saturated heterocycles. The van der Waals surface area contributed by atoms with Gasteiger partial charge >= 0.3 is 6.36 Å². The molecule has 35 heavy (non-hydrogen) atoms. The molecule has 1 heterocycles. The van der Waals surface area contributed by atoms with E-state index >= 15 is 0 Å². The first-order valence-corrected chi connectivity index (χ1v) is 11.3. The smallest absolute Gasteiger partial charge is 0.406 e. The van der Waals surface area contributed by atoms with Crippen molar-refractivity contribution in [3.8, 4) is 5.75 Å². The normalized spacial score (nSPS) is 13.4. The Labute approximate surface area is 197 Å². The Kier molecular flexibility index (Phi) is 5.96. The Bertz CT molecular complexity index is 1480. The minimum absolute atomic E-state index is 0.00883. The number of hydrogen-bond donors (Lipinski definition) is 1. The largest absolute Gasteiger partial charge is 0.573 e. The van der Waals surface area contributed by atoms with Gasteiger partial charge in [-0.15, -0.1) is 13.2 Å². The van der Waals surface area contributed by atoms with Crippen molar-refractivity contribution in [2.75, 3.05) is 4.72 Å². The van der Waals surface area contributed by atoms with Crippen LogP contribution >= 0.6 is 0 Å². The lowest BCUT2D eigenvalue weighted by atomic mass is 10.1. The lowest BCUT2D eigenvalue weighted by molar-refractivity contribution is -0.274. The van der Waals surface area contributed by atoms with Crippen LogP contribution in [0, 0.1) is 6.57 Å². The Morgan fingerprint density at radius 1 is 0.971 bits per heavy atom. The number of anilines is 1. The molecule has 1 N–H and O–H groups in total. The monoisotopic (exact) mass is 501 g/mol. The number of fused-ring (bicyclic) bond motifs is 1. The standard InChI is InChI=1S/C23H14F3N3O5S/c1-27-15-5-2-4-14(12-15)13-29-21(30)18-6-3-7-19(20(18)22(29)31)28-35(32,33)17-10-8-16(9-11-17)34-23(24,25)26/h2-12,28H,13H2. The molecule has 0 spiro atoms. The number of hydrogen-bond acceptors (Lipinski definition) is 5. The molecule has 2 amide bonds. The summed E-state index contributed by atoms with van der Waals surface area (Å²) >= 11 is 0. The van der Waals surface area contributed by atoms with Crippen molar-refractivity contribution in [3.05, 3.63) is 94.8 Å². The highest BCUT2D eigenvalue weighted by Crippen LogP contribution is 2.32. The minimum atomic E-state index is -4.93. The molecule has 8 nitrogen and oxygen atoms in total. The average molecular weight is 501 g/mol. The Morgan fingerprint density at radius 3 is 2.31 bits per heavy atom. The summed E-state index contributed by atoms with van der Waals surface area (Å²) in [5.74, 6) is -1.96. The highest BCUT2D eigenvalue weighted by atomic mass is 32.2. The summed E-state index contributed by atoms with van der Waals surface area (Å²) in [4.78, 5) is 29.8. The quantitative estimate of drug-likeness (QED) is 0.389. The van der Waals surface area contributed by atoms with E-state index in [4.69, 9.17) is 6.57 Å². The maximum absolute atomic E-state index is 13.1. The predicted octanol–water partition coefficient (Wildman–Crippen LogP) is 4.73. The van der Waals surface area contributed by atoms with Crippen LogP contribution in [0.1, 0.15) is 26.3 Å². The molecular weight excluding hydrogens is 487 g/mol. The van der Waals surface area contributed by atoms with Gasteiger partial charge in [0, 0.05) is 0 Å². The molecule has 3 aromatic rings. The zero-order valence-electron chi connectivity index (χ0n) is 17.5. The van der Waals surface area contributed by atoms with Crippen molar-refractivity contribution in [1.29, 1.82) is 0 Å². The second-order valence-electron chi connectivity index (χ2n) is 7.33. The molecule has 0 fully saturated rings. The van der Waals surface area contributed by atoms with Crippen LogP contribution in [0.3, 0.4) is 0 Å². The summed E-state index contributed by atoms with van der Waals surface area (Å²) < 4.78 is 68.6. The van der Waals surface area contributed by atoms with E-state index in [1.54, 1.807) is 18.2 Å². The van der Waals surface area contributed by atoms with E-state index in [1.807, 2.05) is 0 Å². The third-order valence-corrected chi connectivity index (χ3v) is 6.37. The summed E-state index contributed by atoms with van der Waals surface area (Å²) in [5.41, 5.74) is 0.550. The number of carbonyl (C=O) groups is 2. The van der Waals surface area contributed by atoms with Crippen LogP contribution in [0.2, 0.25) is 0 Å². The van der Waals surface area contributed by atoms with E-state index in [-0.39, 0.29) is 28.3 Å². The first-order valence-electron chi connectivity index (χ1n) is 9.83. The second kappa shape index (κ2) is 8.77. The van der Waals surface area contributed by atoms with Crippen LogP contribution in [0.5, 0.6) is 5.75 Å². The van der Waals surface area contributed by atoms with Crippen molar-refractivity contribution in [2.45, 2.75) is 17.8 Å². The molecule has 1 aliphatic heterocycles. The van der Waals surface area contributed by atoms with Crippen molar-refractivity contribution in [1.82, 2.24) is 4.90 Å². The van der Waals surface area contributed by atoms with Gasteiger partial charge in [0.15, 0.2) is 5.69 Å². The number of benzene rings is 3. The topological polar surface area (TPSA) is 97.1 Å². The summed E-state index contributed by atoms with van der Waals surface area (Å²) in [6.07, 6.45) is -4.93. The van der Waals surface area contributed by atoms with Crippen molar-refractivity contribution in [2.24, 2.45) is 0 Å². The Hall–Kier alpha value is -4.37. The molecule has 0 aliphatic carbocycles. The number of alkyl halides is 3. The van der Waals surface area contributed by atoms with Crippen molar-refractivity contribution in [3.63, 3.8) is 0 Å². The van der Waals surface area contributed by atoms with E-state index in [0.29, 0.717) is 11.3 Å². The van der Waals surface area contributed by atoms with Crippen LogP contribution in [-0.4, -0.2) is 31.5 Å². The van der Waals surface area contributed by atoms with Gasteiger partial charge in [-0.25, -0.2) is 13.3 Å². The highest BCUT2D eigenvalue weighted by molar-refractivity contribution is 7.92. The van der Waals surface area contributed by atoms with Crippen LogP contribution < -0.4 is 9.46 Å². The van der Waals surface area contributed by atoms with Gasteiger partial charge in [-0.05, 0) is 42.0 Å². The number of nitrogens with one attached hydrogen (secondary N) is 1. The molecule has 0 saturated carbocycles. The van der Waals surface area contributed by atoms with E-state index in [9.17, 15) is 31.2 Å². The zero-order chi connectivity index (χ0) is 25.4. The predicted molar refractivity (Wildman–Crippen MR) is 117 cm³/mol. The maximum atomic E-state index is 13.1. The fourth-order valence-corrected chi connectivity index (χ4v) is 4.57. The van der Waals surface area contributed by atoms with Crippen LogP contribution in [0.15, 0.2) is 71.6 Å². The molecule has 3 aromatic carbocycles. The van der Waals surface area contributed by atoms with Crippen LogP contribution in [0.25, 0.3) is 4.85 Å². The number of carbonyl (C=O) groups excluding carboxylic acids is 2. The van der Waals surface area contributed by atoms with Gasteiger partial charge in [-0.1, -0.05) is 30.3 Å². The van der Waals surface area contributed by atoms with Crippen LogP contribution in [-0.2, 0) is 16.6 Å². The minimum Gasteiger partial charge on any atom is -0.406 e. The first kappa shape index (κ1) is 23.8. The van der Waals surface area contributed by atoms with Gasteiger partial charge in [0.1, 0.15) is 5.75 Å².